The second-order valence-corrected chi connectivity index (χ2v) is 6.67. The van der Waals surface area contributed by atoms with Crippen molar-refractivity contribution in [1.82, 2.24) is 25.1 Å². The smallest absolute Gasteiger partial charge is 0.417 e. The summed E-state index contributed by atoms with van der Waals surface area (Å²) in [5.41, 5.74) is 0.513. The molecule has 0 aliphatic carbocycles. The van der Waals surface area contributed by atoms with Gasteiger partial charge in [-0.1, -0.05) is 6.07 Å². The van der Waals surface area contributed by atoms with Crippen molar-refractivity contribution in [2.75, 3.05) is 6.54 Å². The van der Waals surface area contributed by atoms with Crippen molar-refractivity contribution in [3.63, 3.8) is 0 Å². The van der Waals surface area contributed by atoms with Gasteiger partial charge in [-0.3, -0.25) is 9.54 Å². The van der Waals surface area contributed by atoms with E-state index in [0.717, 1.165) is 0 Å². The van der Waals surface area contributed by atoms with Crippen LogP contribution in [0.5, 0.6) is 0 Å². The Morgan fingerprint density at radius 3 is 2.77 bits per heavy atom. The van der Waals surface area contributed by atoms with Crippen LogP contribution in [-0.2, 0) is 14.7 Å². The van der Waals surface area contributed by atoms with Gasteiger partial charge < -0.3 is 9.32 Å². The molecule has 0 saturated carbocycles. The number of piperidine rings is 1. The maximum atomic E-state index is 12.4. The molecule has 2 aromatic rings. The summed E-state index contributed by atoms with van der Waals surface area (Å²) in [5, 5.41) is 8.61. The molecule has 2 fully saturated rings. The Kier molecular flexibility index (Phi) is 5.33. The van der Waals surface area contributed by atoms with Crippen LogP contribution in [0.25, 0.3) is 11.6 Å². The van der Waals surface area contributed by atoms with Crippen LogP contribution in [0.15, 0.2) is 28.8 Å². The number of hydrogen-bond donors (Lipinski definition) is 1. The predicted octanol–water partition coefficient (Wildman–Crippen LogP) is 0.426. The molecule has 0 unspecified atom stereocenters. The van der Waals surface area contributed by atoms with Gasteiger partial charge in [0.1, 0.15) is 11.7 Å². The third-order valence-corrected chi connectivity index (χ3v) is 4.46. The Morgan fingerprint density at radius 1 is 1.27 bits per heavy atom. The van der Waals surface area contributed by atoms with Gasteiger partial charge in [0, 0.05) is 42.3 Å². The van der Waals surface area contributed by atoms with E-state index >= 15 is 0 Å². The second kappa shape index (κ2) is 7.21. The van der Waals surface area contributed by atoms with E-state index in [1.807, 2.05) is 0 Å². The maximum Gasteiger partial charge on any atom is 0.418 e. The summed E-state index contributed by atoms with van der Waals surface area (Å²) in [5.74, 6) is 0.469. The average molecular weight is 390 g/mol. The summed E-state index contributed by atoms with van der Waals surface area (Å²) in [7, 11) is -4.77. The fourth-order valence-corrected chi connectivity index (χ4v) is 3.44. The molecule has 2 atom stereocenters. The topological polar surface area (TPSA) is 139 Å². The third-order valence-electron chi connectivity index (χ3n) is 4.11. The fraction of sp³-hybridized carbons (Fsp3) is 0.385. The van der Waals surface area contributed by atoms with Crippen molar-refractivity contribution < 1.29 is 26.5 Å². The first-order valence-corrected chi connectivity index (χ1v) is 8.80. The largest absolute Gasteiger partial charge is 0.418 e. The molecular weight excluding hydrogens is 377 g/mol. The molecule has 1 N–H and O–H groups in total. The van der Waals surface area contributed by atoms with Gasteiger partial charge in [-0.05, 0) is 25.0 Å². The number of carbonyl (C=O) groups is 1. The summed E-state index contributed by atoms with van der Waals surface area (Å²) < 4.78 is 40.6. The molecule has 4 heterocycles. The summed E-state index contributed by atoms with van der Waals surface area (Å²) in [6.45, 7) is 0.236. The van der Waals surface area contributed by atoms with Crippen LogP contribution in [-0.4, -0.2) is 86.3 Å². The molecule has 0 aromatic carbocycles. The van der Waals surface area contributed by atoms with E-state index in [1.165, 1.54) is 4.90 Å². The van der Waals surface area contributed by atoms with Crippen molar-refractivity contribution >= 4 is 46.0 Å². The number of urea groups is 1. The quantitative estimate of drug-likeness (QED) is 0.581. The van der Waals surface area contributed by atoms with E-state index in [4.69, 9.17) is 8.97 Å². The minimum Gasteiger partial charge on any atom is -0.417 e. The number of rotatable bonds is 4. The summed E-state index contributed by atoms with van der Waals surface area (Å²) >= 11 is 0. The van der Waals surface area contributed by atoms with Gasteiger partial charge in [0.2, 0.25) is 5.89 Å². The second-order valence-electron chi connectivity index (χ2n) is 5.67. The number of hydroxylamine groups is 2. The van der Waals surface area contributed by atoms with Gasteiger partial charge in [-0.25, -0.2) is 4.79 Å². The number of amides is 2. The van der Waals surface area contributed by atoms with Crippen LogP contribution >= 0.6 is 0 Å². The molecular formula is C13H13N5NaO6S. The van der Waals surface area contributed by atoms with Crippen molar-refractivity contribution in [1.29, 1.82) is 0 Å². The molecule has 11 nitrogen and oxygen atoms in total. The standard InChI is InChI=1S/C13H13N5O6S.Na/c19-13-17-7-8(18(13)24-25(20,21)22)4-5-10(17)12-16-15-11(23-12)9-3-1-2-6-14-9;/h1-3,6,8,10H,4-5,7H2,(H,20,21,22);/t8-,10+;/m1./s1. The van der Waals surface area contributed by atoms with Gasteiger partial charge >= 0.3 is 16.4 Å². The average Bonchev–Trinajstić information content (AvgIpc) is 3.16. The fourth-order valence-electron chi connectivity index (χ4n) is 3.05. The number of hydrogen-bond acceptors (Lipinski definition) is 8. The number of nitrogens with zero attached hydrogens (tertiary/aromatic N) is 5. The van der Waals surface area contributed by atoms with E-state index in [1.54, 1.807) is 24.4 Å². The Balaban J connectivity index is 0.00000196. The molecule has 2 bridgehead atoms. The molecule has 2 amide bonds. The molecule has 0 spiro atoms. The summed E-state index contributed by atoms with van der Waals surface area (Å²) in [4.78, 5) is 17.9. The van der Waals surface area contributed by atoms with Crippen LogP contribution in [0.1, 0.15) is 24.8 Å². The Bertz CT molecular complexity index is 907. The van der Waals surface area contributed by atoms with Crippen LogP contribution in [0.4, 0.5) is 4.79 Å². The molecule has 13 heteroatoms. The number of fused-ring (bicyclic) bond motifs is 2. The van der Waals surface area contributed by atoms with Gasteiger partial charge in [0.05, 0.1) is 6.04 Å². The van der Waals surface area contributed by atoms with Crippen LogP contribution in [0.3, 0.4) is 0 Å². The molecule has 1 radical (unpaired) electrons. The number of carbonyl (C=O) groups excluding carboxylic acids is 1. The predicted molar refractivity (Wildman–Crippen MR) is 85.6 cm³/mol. The van der Waals surface area contributed by atoms with Crippen molar-refractivity contribution in [3.05, 3.63) is 30.3 Å². The van der Waals surface area contributed by atoms with Crippen molar-refractivity contribution in [2.45, 2.75) is 24.9 Å². The minimum atomic E-state index is -4.77. The Morgan fingerprint density at radius 2 is 2.08 bits per heavy atom. The Hall–Kier alpha value is -1.57. The van der Waals surface area contributed by atoms with E-state index in [0.29, 0.717) is 23.6 Å². The molecule has 2 saturated heterocycles. The van der Waals surface area contributed by atoms with Gasteiger partial charge in [-0.2, -0.15) is 13.5 Å². The zero-order valence-corrected chi connectivity index (χ0v) is 16.5. The van der Waals surface area contributed by atoms with Crippen LogP contribution < -0.4 is 0 Å². The van der Waals surface area contributed by atoms with Crippen molar-refractivity contribution in [2.24, 2.45) is 0 Å². The number of pyridine rings is 1. The summed E-state index contributed by atoms with van der Waals surface area (Å²) in [6, 6.07) is 3.62. The molecule has 2 aromatic heterocycles. The molecule has 133 valence electrons. The first kappa shape index (κ1) is 19.2. The normalized spacial score (nSPS) is 22.4. The molecule has 26 heavy (non-hydrogen) atoms. The van der Waals surface area contributed by atoms with E-state index in [-0.39, 0.29) is 47.9 Å². The maximum absolute atomic E-state index is 12.4. The molecule has 2 aliphatic rings. The SMILES string of the molecule is O=C1N2C[C@@H](CC[C@H]2c2nnc(-c3ccccn3)o2)N1OS(=O)(=O)O.[Na]. The number of aromatic nitrogens is 3. The zero-order chi connectivity index (χ0) is 17.6. The van der Waals surface area contributed by atoms with Crippen molar-refractivity contribution in [3.8, 4) is 11.6 Å². The van der Waals surface area contributed by atoms with Gasteiger partial charge in [0.25, 0.3) is 5.89 Å². The van der Waals surface area contributed by atoms with E-state index < -0.39 is 28.5 Å². The first-order chi connectivity index (χ1) is 11.9. The minimum absolute atomic E-state index is 0. The van der Waals surface area contributed by atoms with E-state index in [9.17, 15) is 13.2 Å². The first-order valence-electron chi connectivity index (χ1n) is 7.44. The summed E-state index contributed by atoms with van der Waals surface area (Å²) in [6.07, 6.45) is 2.55. The monoisotopic (exact) mass is 390 g/mol. The third kappa shape index (κ3) is 3.61. The van der Waals surface area contributed by atoms with Crippen LogP contribution in [0, 0.1) is 0 Å². The molecule has 4 rings (SSSR count). The van der Waals surface area contributed by atoms with E-state index in [2.05, 4.69) is 19.5 Å². The molecule has 2 aliphatic heterocycles. The van der Waals surface area contributed by atoms with Gasteiger partial charge in [0.15, 0.2) is 0 Å². The Labute approximate surface area is 170 Å². The zero-order valence-electron chi connectivity index (χ0n) is 13.7. The van der Waals surface area contributed by atoms with Crippen LogP contribution in [0.2, 0.25) is 0 Å². The van der Waals surface area contributed by atoms with Gasteiger partial charge in [-0.15, -0.1) is 14.5 Å².